The fourth-order valence-electron chi connectivity index (χ4n) is 2.10. The minimum Gasteiger partial charge on any atom is -0.320 e. The fourth-order valence-corrected chi connectivity index (χ4v) is 3.33. The summed E-state index contributed by atoms with van der Waals surface area (Å²) in [5.41, 5.74) is 11.1. The van der Waals surface area contributed by atoms with Crippen molar-refractivity contribution in [1.29, 1.82) is 0 Å². The van der Waals surface area contributed by atoms with Crippen LogP contribution in [0.5, 0.6) is 0 Å². The van der Waals surface area contributed by atoms with E-state index in [4.69, 9.17) is 17.3 Å². The summed E-state index contributed by atoms with van der Waals surface area (Å²) in [5.74, 6) is 0. The number of aryl methyl sites for hydroxylation is 3. The Morgan fingerprint density at radius 2 is 1.71 bits per heavy atom. The number of rotatable bonds is 2. The lowest BCUT2D eigenvalue weighted by atomic mass is 9.95. The minimum atomic E-state index is -0.0765. The van der Waals surface area contributed by atoms with Crippen LogP contribution in [-0.2, 0) is 0 Å². The van der Waals surface area contributed by atoms with Gasteiger partial charge in [0.05, 0.1) is 10.4 Å². The summed E-state index contributed by atoms with van der Waals surface area (Å²) in [5, 5.41) is 0. The topological polar surface area (TPSA) is 26.0 Å². The van der Waals surface area contributed by atoms with Gasteiger partial charge in [-0.1, -0.05) is 29.8 Å². The molecule has 1 heterocycles. The number of benzene rings is 1. The molecule has 0 fully saturated rings. The molecule has 2 rings (SSSR count). The van der Waals surface area contributed by atoms with E-state index >= 15 is 0 Å². The van der Waals surface area contributed by atoms with Crippen molar-refractivity contribution in [1.82, 2.24) is 0 Å². The van der Waals surface area contributed by atoms with Crippen LogP contribution in [0.2, 0.25) is 4.34 Å². The van der Waals surface area contributed by atoms with Crippen molar-refractivity contribution in [3.8, 4) is 0 Å². The summed E-state index contributed by atoms with van der Waals surface area (Å²) in [4.78, 5) is 1.13. The van der Waals surface area contributed by atoms with Gasteiger partial charge in [-0.3, -0.25) is 0 Å². The van der Waals surface area contributed by atoms with Crippen molar-refractivity contribution < 1.29 is 0 Å². The largest absolute Gasteiger partial charge is 0.320 e. The molecule has 2 aromatic rings. The fraction of sp³-hybridized carbons (Fsp3) is 0.286. The highest BCUT2D eigenvalue weighted by Gasteiger charge is 2.16. The number of hydrogen-bond donors (Lipinski definition) is 1. The third-order valence-electron chi connectivity index (χ3n) is 3.04. The van der Waals surface area contributed by atoms with E-state index in [2.05, 4.69) is 38.1 Å². The smallest absolute Gasteiger partial charge is 0.0961 e. The SMILES string of the molecule is Cc1cc(C(N)c2c(C)cccc2C)sc1Cl. The van der Waals surface area contributed by atoms with Gasteiger partial charge in [-0.05, 0) is 49.1 Å². The zero-order valence-electron chi connectivity index (χ0n) is 10.3. The molecule has 0 aliphatic rings. The molecule has 90 valence electrons. The van der Waals surface area contributed by atoms with Crippen LogP contribution in [0.4, 0.5) is 0 Å². The molecule has 1 unspecified atom stereocenters. The summed E-state index contributed by atoms with van der Waals surface area (Å²) in [6.07, 6.45) is 0. The minimum absolute atomic E-state index is 0.0765. The van der Waals surface area contributed by atoms with Crippen molar-refractivity contribution in [2.24, 2.45) is 5.73 Å². The molecule has 0 radical (unpaired) electrons. The van der Waals surface area contributed by atoms with E-state index in [1.165, 1.54) is 16.7 Å². The number of nitrogens with two attached hydrogens (primary N) is 1. The molecule has 1 nitrogen and oxygen atoms in total. The Morgan fingerprint density at radius 3 is 2.18 bits per heavy atom. The zero-order chi connectivity index (χ0) is 12.6. The summed E-state index contributed by atoms with van der Waals surface area (Å²) in [6, 6.07) is 8.28. The van der Waals surface area contributed by atoms with Crippen molar-refractivity contribution in [3.05, 3.63) is 55.7 Å². The van der Waals surface area contributed by atoms with E-state index in [9.17, 15) is 0 Å². The van der Waals surface area contributed by atoms with Crippen molar-refractivity contribution in [2.45, 2.75) is 26.8 Å². The standard InChI is InChI=1S/C14H16ClNS/c1-8-5-4-6-9(2)12(8)13(16)11-7-10(3)14(15)17-11/h4-7,13H,16H2,1-3H3. The van der Waals surface area contributed by atoms with E-state index in [0.29, 0.717) is 0 Å². The zero-order valence-corrected chi connectivity index (χ0v) is 11.8. The van der Waals surface area contributed by atoms with Crippen molar-refractivity contribution >= 4 is 22.9 Å². The van der Waals surface area contributed by atoms with Gasteiger partial charge in [-0.25, -0.2) is 0 Å². The third kappa shape index (κ3) is 2.39. The first-order chi connectivity index (χ1) is 8.00. The van der Waals surface area contributed by atoms with Gasteiger partial charge in [0, 0.05) is 4.88 Å². The van der Waals surface area contributed by atoms with Gasteiger partial charge in [-0.15, -0.1) is 11.3 Å². The normalized spacial score (nSPS) is 12.8. The molecule has 0 amide bonds. The monoisotopic (exact) mass is 265 g/mol. The third-order valence-corrected chi connectivity index (χ3v) is 4.67. The van der Waals surface area contributed by atoms with Crippen molar-refractivity contribution in [3.63, 3.8) is 0 Å². The molecule has 0 aliphatic heterocycles. The lowest BCUT2D eigenvalue weighted by Crippen LogP contribution is -2.13. The van der Waals surface area contributed by atoms with Crippen LogP contribution in [0.15, 0.2) is 24.3 Å². The lowest BCUT2D eigenvalue weighted by Gasteiger charge is -2.16. The molecule has 0 aliphatic carbocycles. The first-order valence-corrected chi connectivity index (χ1v) is 6.77. The summed E-state index contributed by atoms with van der Waals surface area (Å²) >= 11 is 7.68. The Hall–Kier alpha value is -0.830. The molecular weight excluding hydrogens is 250 g/mol. The van der Waals surface area contributed by atoms with E-state index in [1.54, 1.807) is 11.3 Å². The van der Waals surface area contributed by atoms with Gasteiger partial charge in [0.25, 0.3) is 0 Å². The van der Waals surface area contributed by atoms with E-state index in [1.807, 2.05) is 6.92 Å². The lowest BCUT2D eigenvalue weighted by molar-refractivity contribution is 0.870. The summed E-state index contributed by atoms with van der Waals surface area (Å²) in [6.45, 7) is 6.22. The van der Waals surface area contributed by atoms with Crippen LogP contribution in [0.25, 0.3) is 0 Å². The van der Waals surface area contributed by atoms with Crippen LogP contribution >= 0.6 is 22.9 Å². The highest BCUT2D eigenvalue weighted by molar-refractivity contribution is 7.16. The molecule has 0 saturated heterocycles. The summed E-state index contributed by atoms with van der Waals surface area (Å²) < 4.78 is 0.835. The highest BCUT2D eigenvalue weighted by atomic mass is 35.5. The van der Waals surface area contributed by atoms with Crippen LogP contribution in [0, 0.1) is 20.8 Å². The molecule has 0 spiro atoms. The van der Waals surface area contributed by atoms with Gasteiger partial charge in [-0.2, -0.15) is 0 Å². The number of hydrogen-bond acceptors (Lipinski definition) is 2. The van der Waals surface area contributed by atoms with E-state index in [0.717, 1.165) is 14.8 Å². The van der Waals surface area contributed by atoms with Gasteiger partial charge < -0.3 is 5.73 Å². The molecule has 17 heavy (non-hydrogen) atoms. The Morgan fingerprint density at radius 1 is 1.12 bits per heavy atom. The Balaban J connectivity index is 2.47. The first kappa shape index (κ1) is 12.6. The van der Waals surface area contributed by atoms with Gasteiger partial charge in [0.1, 0.15) is 0 Å². The molecule has 1 aromatic carbocycles. The molecule has 0 saturated carbocycles. The Kier molecular flexibility index (Phi) is 3.57. The number of thiophene rings is 1. The Bertz CT molecular complexity index is 505. The predicted octanol–water partition coefficient (Wildman–Crippen LogP) is 4.37. The first-order valence-electron chi connectivity index (χ1n) is 5.58. The summed E-state index contributed by atoms with van der Waals surface area (Å²) in [7, 11) is 0. The van der Waals surface area contributed by atoms with Gasteiger partial charge in [0.15, 0.2) is 0 Å². The maximum atomic E-state index is 6.35. The van der Waals surface area contributed by atoms with Crippen molar-refractivity contribution in [2.75, 3.05) is 0 Å². The molecular formula is C14H16ClNS. The predicted molar refractivity (Wildman–Crippen MR) is 76.0 cm³/mol. The van der Waals surface area contributed by atoms with E-state index < -0.39 is 0 Å². The molecule has 3 heteroatoms. The molecule has 0 bridgehead atoms. The van der Waals surface area contributed by atoms with Crippen LogP contribution in [-0.4, -0.2) is 0 Å². The van der Waals surface area contributed by atoms with E-state index in [-0.39, 0.29) is 6.04 Å². The average molecular weight is 266 g/mol. The quantitative estimate of drug-likeness (QED) is 0.857. The second-order valence-corrected chi connectivity index (χ2v) is 6.07. The maximum Gasteiger partial charge on any atom is 0.0961 e. The Labute approximate surface area is 111 Å². The highest BCUT2D eigenvalue weighted by Crippen LogP contribution is 2.34. The average Bonchev–Trinajstić information content (AvgIpc) is 2.59. The molecule has 2 N–H and O–H groups in total. The maximum absolute atomic E-state index is 6.35. The van der Waals surface area contributed by atoms with Gasteiger partial charge >= 0.3 is 0 Å². The molecule has 1 aromatic heterocycles. The second kappa shape index (κ2) is 4.81. The number of halogens is 1. The second-order valence-electron chi connectivity index (χ2n) is 4.39. The molecule has 1 atom stereocenters. The van der Waals surface area contributed by atoms with Crippen LogP contribution < -0.4 is 5.73 Å². The van der Waals surface area contributed by atoms with Crippen LogP contribution in [0.1, 0.15) is 33.2 Å². The van der Waals surface area contributed by atoms with Crippen LogP contribution in [0.3, 0.4) is 0 Å². The van der Waals surface area contributed by atoms with Gasteiger partial charge in [0.2, 0.25) is 0 Å².